The van der Waals surface area contributed by atoms with Crippen molar-refractivity contribution in [3.05, 3.63) is 0 Å². The molecule has 0 aromatic carbocycles. The minimum atomic E-state index is -0.282. The SMILES string of the molecule is COCC(C)OCC(C)OC(C)=O. The van der Waals surface area contributed by atoms with Crippen molar-refractivity contribution in [2.24, 2.45) is 0 Å². The summed E-state index contributed by atoms with van der Waals surface area (Å²) in [6.07, 6.45) is -0.167. The molecular weight excluding hydrogens is 172 g/mol. The third-order valence-electron chi connectivity index (χ3n) is 1.38. The molecule has 0 N–H and O–H groups in total. The van der Waals surface area contributed by atoms with Crippen LogP contribution in [0, 0.1) is 0 Å². The van der Waals surface area contributed by atoms with Crippen molar-refractivity contribution in [2.45, 2.75) is 33.0 Å². The zero-order chi connectivity index (χ0) is 10.3. The van der Waals surface area contributed by atoms with E-state index in [1.165, 1.54) is 6.92 Å². The minimum Gasteiger partial charge on any atom is -0.460 e. The van der Waals surface area contributed by atoms with Gasteiger partial charge in [-0.25, -0.2) is 0 Å². The molecule has 0 amide bonds. The highest BCUT2D eigenvalue weighted by Crippen LogP contribution is 1.97. The van der Waals surface area contributed by atoms with E-state index < -0.39 is 0 Å². The molecule has 0 heterocycles. The smallest absolute Gasteiger partial charge is 0.302 e. The van der Waals surface area contributed by atoms with E-state index in [1.807, 2.05) is 6.92 Å². The highest BCUT2D eigenvalue weighted by atomic mass is 16.6. The Kier molecular flexibility index (Phi) is 6.54. The number of esters is 1. The second-order valence-corrected chi connectivity index (χ2v) is 3.02. The Hall–Kier alpha value is -0.610. The first-order chi connectivity index (χ1) is 6.06. The van der Waals surface area contributed by atoms with Crippen molar-refractivity contribution in [1.29, 1.82) is 0 Å². The predicted octanol–water partition coefficient (Wildman–Crippen LogP) is 0.990. The van der Waals surface area contributed by atoms with Gasteiger partial charge in [-0.2, -0.15) is 0 Å². The first-order valence-electron chi connectivity index (χ1n) is 4.34. The molecule has 0 aliphatic carbocycles. The Balaban J connectivity index is 3.45. The molecule has 0 bridgehead atoms. The highest BCUT2D eigenvalue weighted by molar-refractivity contribution is 5.66. The van der Waals surface area contributed by atoms with E-state index in [0.29, 0.717) is 13.2 Å². The Morgan fingerprint density at radius 3 is 2.31 bits per heavy atom. The van der Waals surface area contributed by atoms with Gasteiger partial charge < -0.3 is 14.2 Å². The standard InChI is InChI=1S/C9H18O4/c1-7(5-11-4)12-6-8(2)13-9(3)10/h7-8H,5-6H2,1-4H3. The van der Waals surface area contributed by atoms with Crippen LogP contribution in [0.15, 0.2) is 0 Å². The zero-order valence-corrected chi connectivity index (χ0v) is 8.70. The van der Waals surface area contributed by atoms with Crippen LogP contribution in [0.3, 0.4) is 0 Å². The topological polar surface area (TPSA) is 44.8 Å². The molecule has 2 unspecified atom stereocenters. The molecule has 0 aromatic rings. The number of carbonyl (C=O) groups is 1. The van der Waals surface area contributed by atoms with Gasteiger partial charge in [0.25, 0.3) is 0 Å². The van der Waals surface area contributed by atoms with Crippen LogP contribution in [-0.2, 0) is 19.0 Å². The fraction of sp³-hybridized carbons (Fsp3) is 0.889. The second-order valence-electron chi connectivity index (χ2n) is 3.02. The maximum Gasteiger partial charge on any atom is 0.302 e. The van der Waals surface area contributed by atoms with Crippen molar-refractivity contribution in [2.75, 3.05) is 20.3 Å². The summed E-state index contributed by atoms with van der Waals surface area (Å²) in [5.74, 6) is -0.282. The lowest BCUT2D eigenvalue weighted by molar-refractivity contribution is -0.149. The summed E-state index contributed by atoms with van der Waals surface area (Å²) in [7, 11) is 1.62. The lowest BCUT2D eigenvalue weighted by Gasteiger charge is -2.16. The summed E-state index contributed by atoms with van der Waals surface area (Å²) in [5.41, 5.74) is 0. The molecule has 2 atom stereocenters. The van der Waals surface area contributed by atoms with Gasteiger partial charge in [-0.1, -0.05) is 0 Å². The number of hydrogen-bond acceptors (Lipinski definition) is 4. The maximum absolute atomic E-state index is 10.5. The van der Waals surface area contributed by atoms with Crippen LogP contribution >= 0.6 is 0 Å². The van der Waals surface area contributed by atoms with Crippen LogP contribution in [0.25, 0.3) is 0 Å². The molecule has 4 nitrogen and oxygen atoms in total. The van der Waals surface area contributed by atoms with Crippen LogP contribution in [0.4, 0.5) is 0 Å². The zero-order valence-electron chi connectivity index (χ0n) is 8.70. The fourth-order valence-corrected chi connectivity index (χ4v) is 0.900. The van der Waals surface area contributed by atoms with Gasteiger partial charge >= 0.3 is 5.97 Å². The second kappa shape index (κ2) is 6.86. The van der Waals surface area contributed by atoms with Gasteiger partial charge in [-0.15, -0.1) is 0 Å². The predicted molar refractivity (Wildman–Crippen MR) is 48.5 cm³/mol. The van der Waals surface area contributed by atoms with Crippen LogP contribution in [0.1, 0.15) is 20.8 Å². The fourth-order valence-electron chi connectivity index (χ4n) is 0.900. The lowest BCUT2D eigenvalue weighted by atomic mass is 10.4. The molecular formula is C9H18O4. The molecule has 0 aliphatic rings. The Labute approximate surface area is 79.2 Å². The van der Waals surface area contributed by atoms with Crippen molar-refractivity contribution in [3.8, 4) is 0 Å². The summed E-state index contributed by atoms with van der Waals surface area (Å²) < 4.78 is 15.1. The quantitative estimate of drug-likeness (QED) is 0.586. The molecule has 0 spiro atoms. The molecule has 0 rings (SSSR count). The molecule has 0 aliphatic heterocycles. The molecule has 0 aromatic heterocycles. The lowest BCUT2D eigenvalue weighted by Crippen LogP contribution is -2.24. The van der Waals surface area contributed by atoms with Crippen molar-refractivity contribution in [3.63, 3.8) is 0 Å². The van der Waals surface area contributed by atoms with Crippen LogP contribution in [0.2, 0.25) is 0 Å². The summed E-state index contributed by atoms with van der Waals surface area (Å²) in [4.78, 5) is 10.5. The van der Waals surface area contributed by atoms with Gasteiger partial charge in [0.2, 0.25) is 0 Å². The average molecular weight is 190 g/mol. The number of methoxy groups -OCH3 is 1. The largest absolute Gasteiger partial charge is 0.460 e. The Bertz CT molecular complexity index is 147. The molecule has 0 saturated carbocycles. The van der Waals surface area contributed by atoms with Crippen LogP contribution < -0.4 is 0 Å². The van der Waals surface area contributed by atoms with E-state index in [4.69, 9.17) is 14.2 Å². The van der Waals surface area contributed by atoms with E-state index in [0.717, 1.165) is 0 Å². The molecule has 0 radical (unpaired) electrons. The minimum absolute atomic E-state index is 0.0306. The van der Waals surface area contributed by atoms with Crippen molar-refractivity contribution >= 4 is 5.97 Å². The van der Waals surface area contributed by atoms with E-state index in [2.05, 4.69) is 0 Å². The average Bonchev–Trinajstić information content (AvgIpc) is 2.00. The third-order valence-corrected chi connectivity index (χ3v) is 1.38. The first-order valence-corrected chi connectivity index (χ1v) is 4.34. The van der Waals surface area contributed by atoms with E-state index in [9.17, 15) is 4.79 Å². The van der Waals surface area contributed by atoms with Crippen LogP contribution in [-0.4, -0.2) is 38.5 Å². The molecule has 0 saturated heterocycles. The summed E-state index contributed by atoms with van der Waals surface area (Å²) in [5, 5.41) is 0. The number of ether oxygens (including phenoxy) is 3. The Morgan fingerprint density at radius 1 is 1.23 bits per heavy atom. The number of hydrogen-bond donors (Lipinski definition) is 0. The first kappa shape index (κ1) is 12.4. The van der Waals surface area contributed by atoms with Gasteiger partial charge in [0, 0.05) is 14.0 Å². The number of rotatable bonds is 6. The van der Waals surface area contributed by atoms with Gasteiger partial charge in [0.05, 0.1) is 19.3 Å². The van der Waals surface area contributed by atoms with Gasteiger partial charge in [-0.05, 0) is 13.8 Å². The Morgan fingerprint density at radius 2 is 1.85 bits per heavy atom. The molecule has 13 heavy (non-hydrogen) atoms. The molecule has 78 valence electrons. The van der Waals surface area contributed by atoms with E-state index in [1.54, 1.807) is 14.0 Å². The maximum atomic E-state index is 10.5. The summed E-state index contributed by atoms with van der Waals surface area (Å²) in [6, 6.07) is 0. The normalized spacial score (nSPS) is 15.1. The summed E-state index contributed by atoms with van der Waals surface area (Å²) in [6.45, 7) is 6.04. The van der Waals surface area contributed by atoms with E-state index in [-0.39, 0.29) is 18.2 Å². The highest BCUT2D eigenvalue weighted by Gasteiger charge is 2.08. The van der Waals surface area contributed by atoms with Crippen molar-refractivity contribution in [1.82, 2.24) is 0 Å². The van der Waals surface area contributed by atoms with Gasteiger partial charge in [0.15, 0.2) is 0 Å². The van der Waals surface area contributed by atoms with Crippen molar-refractivity contribution < 1.29 is 19.0 Å². The van der Waals surface area contributed by atoms with Gasteiger partial charge in [-0.3, -0.25) is 4.79 Å². The van der Waals surface area contributed by atoms with Crippen LogP contribution in [0.5, 0.6) is 0 Å². The monoisotopic (exact) mass is 190 g/mol. The van der Waals surface area contributed by atoms with Gasteiger partial charge in [0.1, 0.15) is 6.10 Å². The molecule has 0 fully saturated rings. The number of carbonyl (C=O) groups excluding carboxylic acids is 1. The molecule has 4 heteroatoms. The summed E-state index contributed by atoms with van der Waals surface area (Å²) >= 11 is 0. The van der Waals surface area contributed by atoms with E-state index >= 15 is 0 Å². The third kappa shape index (κ3) is 7.74.